The molecule has 0 aliphatic rings. The minimum absolute atomic E-state index is 0.0182. The molecular formula is C24H27NO5. The van der Waals surface area contributed by atoms with Crippen LogP contribution in [0.5, 0.6) is 23.0 Å². The van der Waals surface area contributed by atoms with Crippen molar-refractivity contribution in [1.29, 1.82) is 0 Å². The van der Waals surface area contributed by atoms with Crippen LogP contribution in [0.1, 0.15) is 11.1 Å². The molecule has 0 radical (unpaired) electrons. The Morgan fingerprint density at radius 3 is 1.97 bits per heavy atom. The molecule has 0 atom stereocenters. The van der Waals surface area contributed by atoms with Crippen molar-refractivity contribution in [3.8, 4) is 23.0 Å². The Balaban J connectivity index is 1.60. The van der Waals surface area contributed by atoms with E-state index in [4.69, 9.17) is 18.9 Å². The zero-order valence-corrected chi connectivity index (χ0v) is 17.8. The topological polar surface area (TPSA) is 66.0 Å². The highest BCUT2D eigenvalue weighted by Crippen LogP contribution is 2.32. The predicted octanol–water partition coefficient (Wildman–Crippen LogP) is 3.78. The molecule has 0 aliphatic heterocycles. The molecule has 1 N–H and O–H groups in total. The molecule has 0 saturated carbocycles. The van der Waals surface area contributed by atoms with Crippen molar-refractivity contribution in [3.05, 3.63) is 59.7 Å². The summed E-state index contributed by atoms with van der Waals surface area (Å²) in [5, 5.41) is 5.01. The maximum atomic E-state index is 12.4. The molecule has 6 nitrogen and oxygen atoms in total. The fourth-order valence-electron chi connectivity index (χ4n) is 3.36. The minimum atomic E-state index is -0.0182. The number of hydrogen-bond acceptors (Lipinski definition) is 5. The van der Waals surface area contributed by atoms with E-state index in [1.54, 1.807) is 28.4 Å². The van der Waals surface area contributed by atoms with Gasteiger partial charge in [-0.2, -0.15) is 0 Å². The van der Waals surface area contributed by atoms with Crippen molar-refractivity contribution >= 4 is 16.7 Å². The summed E-state index contributed by atoms with van der Waals surface area (Å²) >= 11 is 0. The van der Waals surface area contributed by atoms with Crippen LogP contribution in [0.4, 0.5) is 0 Å². The Kier molecular flexibility index (Phi) is 7.01. The monoisotopic (exact) mass is 409 g/mol. The van der Waals surface area contributed by atoms with E-state index in [-0.39, 0.29) is 5.91 Å². The van der Waals surface area contributed by atoms with E-state index in [0.29, 0.717) is 42.4 Å². The SMILES string of the molecule is COc1ccc(CCNC(=O)Cc2ccc3cc(OC)c(OC)cc3c2)cc1OC. The molecule has 0 aliphatic carbocycles. The Morgan fingerprint density at radius 2 is 1.30 bits per heavy atom. The number of ether oxygens (including phenoxy) is 4. The maximum Gasteiger partial charge on any atom is 0.224 e. The molecule has 6 heteroatoms. The molecule has 3 aromatic rings. The van der Waals surface area contributed by atoms with E-state index in [1.807, 2.05) is 48.5 Å². The van der Waals surface area contributed by atoms with Gasteiger partial charge in [-0.25, -0.2) is 0 Å². The van der Waals surface area contributed by atoms with Crippen LogP contribution in [-0.2, 0) is 17.6 Å². The number of methoxy groups -OCH3 is 4. The smallest absolute Gasteiger partial charge is 0.224 e. The van der Waals surface area contributed by atoms with Crippen molar-refractivity contribution in [3.63, 3.8) is 0 Å². The van der Waals surface area contributed by atoms with Crippen LogP contribution in [0.3, 0.4) is 0 Å². The summed E-state index contributed by atoms with van der Waals surface area (Å²) in [5.41, 5.74) is 2.01. The van der Waals surface area contributed by atoms with E-state index < -0.39 is 0 Å². The zero-order chi connectivity index (χ0) is 21.5. The second-order valence-corrected chi connectivity index (χ2v) is 6.85. The average Bonchev–Trinajstić information content (AvgIpc) is 2.77. The summed E-state index contributed by atoms with van der Waals surface area (Å²) in [6, 6.07) is 15.6. The third kappa shape index (κ3) is 4.95. The van der Waals surface area contributed by atoms with Gasteiger partial charge < -0.3 is 24.3 Å². The molecule has 1 amide bonds. The lowest BCUT2D eigenvalue weighted by molar-refractivity contribution is -0.120. The maximum absolute atomic E-state index is 12.4. The molecule has 0 fully saturated rings. The summed E-state index contributed by atoms with van der Waals surface area (Å²) in [4.78, 5) is 12.4. The molecular weight excluding hydrogens is 382 g/mol. The molecule has 0 spiro atoms. The second kappa shape index (κ2) is 9.87. The molecule has 0 bridgehead atoms. The summed E-state index contributed by atoms with van der Waals surface area (Å²) in [5.74, 6) is 2.71. The van der Waals surface area contributed by atoms with E-state index in [1.165, 1.54) is 0 Å². The van der Waals surface area contributed by atoms with Gasteiger partial charge in [-0.05, 0) is 52.6 Å². The van der Waals surface area contributed by atoms with Gasteiger partial charge in [0, 0.05) is 6.54 Å². The van der Waals surface area contributed by atoms with Crippen molar-refractivity contribution in [2.45, 2.75) is 12.8 Å². The number of nitrogens with one attached hydrogen (secondary N) is 1. The number of rotatable bonds is 9. The van der Waals surface area contributed by atoms with E-state index in [9.17, 15) is 4.79 Å². The predicted molar refractivity (Wildman–Crippen MR) is 117 cm³/mol. The zero-order valence-electron chi connectivity index (χ0n) is 17.8. The highest BCUT2D eigenvalue weighted by atomic mass is 16.5. The molecule has 158 valence electrons. The first-order chi connectivity index (χ1) is 14.6. The molecule has 3 aromatic carbocycles. The number of amides is 1. The Labute approximate surface area is 176 Å². The molecule has 0 aromatic heterocycles. The van der Waals surface area contributed by atoms with Crippen LogP contribution in [0.2, 0.25) is 0 Å². The van der Waals surface area contributed by atoms with Crippen LogP contribution in [0.15, 0.2) is 48.5 Å². The summed E-state index contributed by atoms with van der Waals surface area (Å²) < 4.78 is 21.3. The van der Waals surface area contributed by atoms with Gasteiger partial charge in [-0.1, -0.05) is 24.3 Å². The van der Waals surface area contributed by atoms with Gasteiger partial charge in [0.2, 0.25) is 5.91 Å². The van der Waals surface area contributed by atoms with E-state index in [0.717, 1.165) is 21.9 Å². The fraction of sp³-hybridized carbons (Fsp3) is 0.292. The number of hydrogen-bond donors (Lipinski definition) is 1. The first kappa shape index (κ1) is 21.3. The third-order valence-electron chi connectivity index (χ3n) is 4.96. The van der Waals surface area contributed by atoms with Gasteiger partial charge in [0.1, 0.15) is 0 Å². The minimum Gasteiger partial charge on any atom is -0.493 e. The normalized spacial score (nSPS) is 10.5. The lowest BCUT2D eigenvalue weighted by atomic mass is 10.0. The van der Waals surface area contributed by atoms with Crippen molar-refractivity contribution in [1.82, 2.24) is 5.32 Å². The first-order valence-corrected chi connectivity index (χ1v) is 9.70. The summed E-state index contributed by atoms with van der Waals surface area (Å²) in [6.45, 7) is 0.549. The van der Waals surface area contributed by atoms with Crippen LogP contribution in [-0.4, -0.2) is 40.9 Å². The van der Waals surface area contributed by atoms with Crippen LogP contribution in [0, 0.1) is 0 Å². The summed E-state index contributed by atoms with van der Waals surface area (Å²) in [6.07, 6.45) is 1.02. The van der Waals surface area contributed by atoms with E-state index >= 15 is 0 Å². The molecule has 30 heavy (non-hydrogen) atoms. The highest BCUT2D eigenvalue weighted by molar-refractivity contribution is 5.88. The Hall–Kier alpha value is -3.41. The second-order valence-electron chi connectivity index (χ2n) is 6.85. The van der Waals surface area contributed by atoms with Crippen molar-refractivity contribution in [2.75, 3.05) is 35.0 Å². The fourth-order valence-corrected chi connectivity index (χ4v) is 3.36. The van der Waals surface area contributed by atoms with Gasteiger partial charge in [0.25, 0.3) is 0 Å². The number of fused-ring (bicyclic) bond motifs is 1. The molecule has 3 rings (SSSR count). The Bertz CT molecular complexity index is 1030. The average molecular weight is 409 g/mol. The van der Waals surface area contributed by atoms with Gasteiger partial charge in [-0.3, -0.25) is 4.79 Å². The highest BCUT2D eigenvalue weighted by Gasteiger charge is 2.09. The largest absolute Gasteiger partial charge is 0.493 e. The van der Waals surface area contributed by atoms with Crippen LogP contribution >= 0.6 is 0 Å². The van der Waals surface area contributed by atoms with Gasteiger partial charge in [0.05, 0.1) is 34.9 Å². The van der Waals surface area contributed by atoms with Gasteiger partial charge in [-0.15, -0.1) is 0 Å². The lowest BCUT2D eigenvalue weighted by Gasteiger charge is -2.11. The number of carbonyl (C=O) groups is 1. The van der Waals surface area contributed by atoms with E-state index in [2.05, 4.69) is 5.32 Å². The molecule has 0 saturated heterocycles. The quantitative estimate of drug-likeness (QED) is 0.583. The van der Waals surface area contributed by atoms with Crippen LogP contribution < -0.4 is 24.3 Å². The van der Waals surface area contributed by atoms with Crippen molar-refractivity contribution in [2.24, 2.45) is 0 Å². The lowest BCUT2D eigenvalue weighted by Crippen LogP contribution is -2.27. The van der Waals surface area contributed by atoms with Gasteiger partial charge >= 0.3 is 0 Å². The number of carbonyl (C=O) groups excluding carboxylic acids is 1. The first-order valence-electron chi connectivity index (χ1n) is 9.70. The number of benzene rings is 3. The molecule has 0 unspecified atom stereocenters. The van der Waals surface area contributed by atoms with Crippen LogP contribution in [0.25, 0.3) is 10.8 Å². The molecule has 0 heterocycles. The van der Waals surface area contributed by atoms with Gasteiger partial charge in [0.15, 0.2) is 23.0 Å². The Morgan fingerprint density at radius 1 is 0.700 bits per heavy atom. The standard InChI is InChI=1S/C24H27NO5/c1-27-20-8-6-16(12-21(20)28-2)9-10-25-24(26)13-17-5-7-18-14-22(29-3)23(30-4)15-19(18)11-17/h5-8,11-12,14-15H,9-10,13H2,1-4H3,(H,25,26). The van der Waals surface area contributed by atoms with Crippen molar-refractivity contribution < 1.29 is 23.7 Å². The third-order valence-corrected chi connectivity index (χ3v) is 4.96. The summed E-state index contributed by atoms with van der Waals surface area (Å²) in [7, 11) is 6.44.